The van der Waals surface area contributed by atoms with Crippen molar-refractivity contribution in [1.82, 2.24) is 15.0 Å². The van der Waals surface area contributed by atoms with Crippen LogP contribution in [0, 0.1) is 5.41 Å². The monoisotopic (exact) mass is 274 g/mol. The van der Waals surface area contributed by atoms with Gasteiger partial charge in [0.05, 0.1) is 0 Å². The van der Waals surface area contributed by atoms with Gasteiger partial charge in [-0.15, -0.1) is 0 Å². The third kappa shape index (κ3) is 2.94. The van der Waals surface area contributed by atoms with Gasteiger partial charge in [-0.3, -0.25) is 0 Å². The van der Waals surface area contributed by atoms with Gasteiger partial charge in [0.15, 0.2) is 0 Å². The van der Waals surface area contributed by atoms with Gasteiger partial charge in [-0.25, -0.2) is 4.98 Å². The Labute approximate surface area is 121 Å². The van der Waals surface area contributed by atoms with Crippen LogP contribution >= 0.6 is 0 Å². The topological polar surface area (TPSA) is 64.7 Å². The summed E-state index contributed by atoms with van der Waals surface area (Å²) in [5.41, 5.74) is 6.40. The molecule has 0 amide bonds. The molecule has 110 valence electrons. The largest absolute Gasteiger partial charge is 0.368 e. The number of nitrogens with two attached hydrogens (primary N) is 1. The van der Waals surface area contributed by atoms with Gasteiger partial charge in [0.1, 0.15) is 11.6 Å². The van der Waals surface area contributed by atoms with E-state index in [1.54, 1.807) is 0 Å². The maximum atomic E-state index is 5.92. The Bertz CT molecular complexity index is 467. The minimum Gasteiger partial charge on any atom is -0.368 e. The van der Waals surface area contributed by atoms with Crippen molar-refractivity contribution < 1.29 is 0 Å². The Morgan fingerprint density at radius 1 is 0.850 bits per heavy atom. The molecule has 20 heavy (non-hydrogen) atoms. The summed E-state index contributed by atoms with van der Waals surface area (Å²) < 4.78 is 0. The van der Waals surface area contributed by atoms with Crippen molar-refractivity contribution in [2.24, 2.45) is 5.41 Å². The highest BCUT2D eigenvalue weighted by atomic mass is 15.1. The molecule has 0 atom stereocenters. The molecule has 4 heteroatoms. The summed E-state index contributed by atoms with van der Waals surface area (Å²) in [6.07, 6.45) is 9.87. The molecule has 0 radical (unpaired) electrons. The molecule has 3 rings (SSSR count). The number of nitrogen functional groups attached to an aromatic ring is 1. The van der Waals surface area contributed by atoms with Crippen LogP contribution in [0.5, 0.6) is 0 Å². The molecular formula is C16H26N4. The quantitative estimate of drug-likeness (QED) is 0.891. The van der Waals surface area contributed by atoms with E-state index in [0.717, 1.165) is 11.6 Å². The fraction of sp³-hybridized carbons (Fsp3) is 0.812. The summed E-state index contributed by atoms with van der Waals surface area (Å²) in [7, 11) is 0. The Kier molecular flexibility index (Phi) is 3.65. The average molecular weight is 274 g/mol. The molecule has 0 aliphatic heterocycles. The molecule has 2 N–H and O–H groups in total. The Balaban J connectivity index is 1.79. The summed E-state index contributed by atoms with van der Waals surface area (Å²) >= 11 is 0. The second-order valence-electron chi connectivity index (χ2n) is 7.33. The van der Waals surface area contributed by atoms with Crippen LogP contribution < -0.4 is 5.73 Å². The maximum absolute atomic E-state index is 5.92. The Hall–Kier alpha value is -1.19. The zero-order valence-electron chi connectivity index (χ0n) is 12.7. The summed E-state index contributed by atoms with van der Waals surface area (Å²) in [6.45, 7) is 4.71. The van der Waals surface area contributed by atoms with Gasteiger partial charge < -0.3 is 5.73 Å². The van der Waals surface area contributed by atoms with E-state index in [1.807, 2.05) is 0 Å². The molecular weight excluding hydrogens is 248 g/mol. The SMILES string of the molecule is CC1(C)CCC(c2nc(N)nc(C3CCCC3)n2)CC1. The van der Waals surface area contributed by atoms with Crippen LogP contribution in [0.4, 0.5) is 5.95 Å². The number of hydrogen-bond acceptors (Lipinski definition) is 4. The molecule has 1 heterocycles. The first-order valence-electron chi connectivity index (χ1n) is 8.05. The smallest absolute Gasteiger partial charge is 0.223 e. The number of rotatable bonds is 2. The molecule has 4 nitrogen and oxygen atoms in total. The lowest BCUT2D eigenvalue weighted by Gasteiger charge is -2.33. The molecule has 0 unspecified atom stereocenters. The van der Waals surface area contributed by atoms with E-state index >= 15 is 0 Å². The van der Waals surface area contributed by atoms with E-state index in [0.29, 0.717) is 23.2 Å². The lowest BCUT2D eigenvalue weighted by Crippen LogP contribution is -2.22. The highest BCUT2D eigenvalue weighted by molar-refractivity contribution is 5.20. The van der Waals surface area contributed by atoms with Gasteiger partial charge in [0.2, 0.25) is 5.95 Å². The van der Waals surface area contributed by atoms with Crippen LogP contribution in [-0.2, 0) is 0 Å². The van der Waals surface area contributed by atoms with Crippen LogP contribution in [0.25, 0.3) is 0 Å². The molecule has 1 aromatic rings. The predicted octanol–water partition coefficient (Wildman–Crippen LogP) is 3.80. The minimum atomic E-state index is 0.418. The summed E-state index contributed by atoms with van der Waals surface area (Å²) in [4.78, 5) is 13.6. The van der Waals surface area contributed by atoms with Crippen molar-refractivity contribution in [3.8, 4) is 0 Å². The highest BCUT2D eigenvalue weighted by Gasteiger charge is 2.30. The van der Waals surface area contributed by atoms with E-state index < -0.39 is 0 Å². The number of nitrogens with zero attached hydrogens (tertiary/aromatic N) is 3. The fourth-order valence-electron chi connectivity index (χ4n) is 3.63. The number of anilines is 1. The zero-order chi connectivity index (χ0) is 14.2. The molecule has 1 aromatic heterocycles. The van der Waals surface area contributed by atoms with Gasteiger partial charge in [0.25, 0.3) is 0 Å². The molecule has 2 aliphatic rings. The normalized spacial score (nSPS) is 24.1. The van der Waals surface area contributed by atoms with E-state index in [1.165, 1.54) is 51.4 Å². The summed E-state index contributed by atoms with van der Waals surface area (Å²) in [5, 5.41) is 0. The standard InChI is InChI=1S/C16H26N4/c1-16(2)9-7-12(8-10-16)14-18-13(19-15(17)20-14)11-5-3-4-6-11/h11-12H,3-10H2,1-2H3,(H2,17,18,19,20). The molecule has 0 bridgehead atoms. The van der Waals surface area contributed by atoms with Gasteiger partial charge in [-0.05, 0) is 43.9 Å². The van der Waals surface area contributed by atoms with Crippen molar-refractivity contribution in [3.05, 3.63) is 11.6 Å². The summed E-state index contributed by atoms with van der Waals surface area (Å²) in [5.74, 6) is 3.32. The molecule has 0 aromatic carbocycles. The molecule has 2 aliphatic carbocycles. The van der Waals surface area contributed by atoms with Crippen molar-refractivity contribution in [2.45, 2.75) is 77.0 Å². The predicted molar refractivity (Wildman–Crippen MR) is 80.4 cm³/mol. The first kappa shape index (κ1) is 13.8. The van der Waals surface area contributed by atoms with E-state index in [-0.39, 0.29) is 0 Å². The van der Waals surface area contributed by atoms with Crippen LogP contribution in [0.15, 0.2) is 0 Å². The van der Waals surface area contributed by atoms with Crippen LogP contribution in [0.3, 0.4) is 0 Å². The summed E-state index contributed by atoms with van der Waals surface area (Å²) in [6, 6.07) is 0. The lowest BCUT2D eigenvalue weighted by atomic mass is 9.73. The first-order valence-corrected chi connectivity index (χ1v) is 8.05. The first-order chi connectivity index (χ1) is 9.53. The van der Waals surface area contributed by atoms with Gasteiger partial charge in [-0.2, -0.15) is 9.97 Å². The average Bonchev–Trinajstić information content (AvgIpc) is 2.91. The van der Waals surface area contributed by atoms with Crippen molar-refractivity contribution in [3.63, 3.8) is 0 Å². The van der Waals surface area contributed by atoms with E-state index in [2.05, 4.69) is 23.8 Å². The van der Waals surface area contributed by atoms with E-state index in [9.17, 15) is 0 Å². The second-order valence-corrected chi connectivity index (χ2v) is 7.33. The van der Waals surface area contributed by atoms with Gasteiger partial charge >= 0.3 is 0 Å². The van der Waals surface area contributed by atoms with Crippen LogP contribution in [0.2, 0.25) is 0 Å². The second kappa shape index (κ2) is 5.30. The van der Waals surface area contributed by atoms with Crippen molar-refractivity contribution in [2.75, 3.05) is 5.73 Å². The molecule has 2 saturated carbocycles. The van der Waals surface area contributed by atoms with E-state index in [4.69, 9.17) is 10.7 Å². The van der Waals surface area contributed by atoms with Gasteiger partial charge in [0, 0.05) is 11.8 Å². The molecule has 0 saturated heterocycles. The third-order valence-electron chi connectivity index (χ3n) is 5.11. The third-order valence-corrected chi connectivity index (χ3v) is 5.11. The van der Waals surface area contributed by atoms with Gasteiger partial charge in [-0.1, -0.05) is 26.7 Å². The lowest BCUT2D eigenvalue weighted by molar-refractivity contribution is 0.220. The number of hydrogen-bond donors (Lipinski definition) is 1. The number of aromatic nitrogens is 3. The van der Waals surface area contributed by atoms with Crippen LogP contribution in [-0.4, -0.2) is 15.0 Å². The van der Waals surface area contributed by atoms with Crippen molar-refractivity contribution in [1.29, 1.82) is 0 Å². The molecule has 0 spiro atoms. The van der Waals surface area contributed by atoms with Crippen LogP contribution in [0.1, 0.15) is 88.7 Å². The maximum Gasteiger partial charge on any atom is 0.223 e. The van der Waals surface area contributed by atoms with Crippen molar-refractivity contribution >= 4 is 5.95 Å². The Morgan fingerprint density at radius 3 is 1.90 bits per heavy atom. The highest BCUT2D eigenvalue weighted by Crippen LogP contribution is 2.42. The fourth-order valence-corrected chi connectivity index (χ4v) is 3.63. The Morgan fingerprint density at radius 2 is 1.35 bits per heavy atom. The zero-order valence-corrected chi connectivity index (χ0v) is 12.7. The molecule has 2 fully saturated rings. The minimum absolute atomic E-state index is 0.418.